The summed E-state index contributed by atoms with van der Waals surface area (Å²) in [4.78, 5) is 37.7. The molecule has 0 spiro atoms. The molecule has 0 bridgehead atoms. The van der Waals surface area contributed by atoms with Crippen LogP contribution in [0.15, 0.2) is 40.6 Å². The number of ether oxygens (including phenoxy) is 1. The zero-order chi connectivity index (χ0) is 21.9. The first kappa shape index (κ1) is 21.8. The minimum absolute atomic E-state index is 0.0943. The molecule has 1 fully saturated rings. The lowest BCUT2D eigenvalue weighted by atomic mass is 10.2. The molecular formula is C19H21N3O6S2. The zero-order valence-corrected chi connectivity index (χ0v) is 18.1. The van der Waals surface area contributed by atoms with E-state index in [1.807, 2.05) is 0 Å². The number of urea groups is 1. The normalized spacial score (nSPS) is 13.9. The molecule has 3 rings (SSSR count). The molecule has 1 aliphatic heterocycles. The Morgan fingerprint density at radius 2 is 1.87 bits per heavy atom. The smallest absolute Gasteiger partial charge is 0.340 e. The van der Waals surface area contributed by atoms with Gasteiger partial charge in [0, 0.05) is 25.0 Å². The minimum atomic E-state index is -3.41. The lowest BCUT2D eigenvalue weighted by Gasteiger charge is -2.27. The summed E-state index contributed by atoms with van der Waals surface area (Å²) in [7, 11) is -3.41. The van der Waals surface area contributed by atoms with Gasteiger partial charge in [-0.3, -0.25) is 4.79 Å². The highest BCUT2D eigenvalue weighted by molar-refractivity contribution is 7.92. The first-order valence-electron chi connectivity index (χ1n) is 9.18. The van der Waals surface area contributed by atoms with Crippen LogP contribution in [0.25, 0.3) is 0 Å². The highest BCUT2D eigenvalue weighted by Crippen LogP contribution is 2.25. The van der Waals surface area contributed by atoms with E-state index in [-0.39, 0.29) is 15.7 Å². The number of hydrogen-bond acceptors (Lipinski definition) is 7. The van der Waals surface area contributed by atoms with Gasteiger partial charge in [0.05, 0.1) is 17.0 Å². The third-order valence-electron chi connectivity index (χ3n) is 4.28. The number of esters is 1. The second-order valence-corrected chi connectivity index (χ2v) is 9.85. The molecule has 3 amide bonds. The number of nitrogens with zero attached hydrogens (tertiary/aromatic N) is 2. The van der Waals surface area contributed by atoms with Crippen molar-refractivity contribution in [3.8, 4) is 0 Å². The van der Waals surface area contributed by atoms with E-state index in [2.05, 4.69) is 5.32 Å². The standard InChI is InChI=1S/C19H21N3O6S2/c1-3-28-18(24)13-6-4-7-14(12-13)20-19(25)22-11-5-10-21(22)17(23)15-8-9-16(29-15)30(2,26)27/h4,6-9,12H,3,5,10-11H2,1-2H3,(H,20,25). The Morgan fingerprint density at radius 3 is 2.53 bits per heavy atom. The molecule has 0 atom stereocenters. The quantitative estimate of drug-likeness (QED) is 0.699. The number of amides is 3. The number of hydrazine groups is 1. The van der Waals surface area contributed by atoms with Gasteiger partial charge in [-0.1, -0.05) is 6.07 Å². The maximum atomic E-state index is 12.8. The van der Waals surface area contributed by atoms with Crippen LogP contribution < -0.4 is 5.32 Å². The Labute approximate surface area is 178 Å². The fourth-order valence-electron chi connectivity index (χ4n) is 2.92. The molecular weight excluding hydrogens is 430 g/mol. The molecule has 9 nitrogen and oxygen atoms in total. The van der Waals surface area contributed by atoms with Gasteiger partial charge >= 0.3 is 12.0 Å². The Kier molecular flexibility index (Phi) is 6.42. The van der Waals surface area contributed by atoms with Gasteiger partial charge in [-0.25, -0.2) is 28.0 Å². The summed E-state index contributed by atoms with van der Waals surface area (Å²) in [6.45, 7) is 2.61. The van der Waals surface area contributed by atoms with Crippen molar-refractivity contribution < 1.29 is 27.5 Å². The van der Waals surface area contributed by atoms with Gasteiger partial charge in [0.25, 0.3) is 5.91 Å². The Morgan fingerprint density at radius 1 is 1.13 bits per heavy atom. The average Bonchev–Trinajstić information content (AvgIpc) is 3.37. The van der Waals surface area contributed by atoms with Gasteiger partial charge in [-0.2, -0.15) is 0 Å². The summed E-state index contributed by atoms with van der Waals surface area (Å²) >= 11 is 0.873. The van der Waals surface area contributed by atoms with Crippen molar-refractivity contribution in [1.29, 1.82) is 0 Å². The second-order valence-electron chi connectivity index (χ2n) is 6.53. The van der Waals surface area contributed by atoms with E-state index in [4.69, 9.17) is 4.74 Å². The number of rotatable bonds is 5. The summed E-state index contributed by atoms with van der Waals surface area (Å²) < 4.78 is 28.4. The highest BCUT2D eigenvalue weighted by atomic mass is 32.2. The van der Waals surface area contributed by atoms with Crippen LogP contribution in [-0.2, 0) is 14.6 Å². The van der Waals surface area contributed by atoms with Crippen LogP contribution in [0.2, 0.25) is 0 Å². The first-order chi connectivity index (χ1) is 14.2. The minimum Gasteiger partial charge on any atom is -0.462 e. The summed E-state index contributed by atoms with van der Waals surface area (Å²) in [6.07, 6.45) is 1.67. The molecule has 0 unspecified atom stereocenters. The van der Waals surface area contributed by atoms with E-state index in [0.29, 0.717) is 30.8 Å². The Balaban J connectivity index is 1.73. The van der Waals surface area contributed by atoms with Crippen molar-refractivity contribution in [2.75, 3.05) is 31.3 Å². The van der Waals surface area contributed by atoms with Crippen LogP contribution in [0.1, 0.15) is 33.4 Å². The summed E-state index contributed by atoms with van der Waals surface area (Å²) in [6, 6.07) is 8.62. The van der Waals surface area contributed by atoms with Crippen molar-refractivity contribution in [2.45, 2.75) is 17.6 Å². The molecule has 0 radical (unpaired) electrons. The van der Waals surface area contributed by atoms with Crippen molar-refractivity contribution in [3.63, 3.8) is 0 Å². The van der Waals surface area contributed by atoms with Crippen LogP contribution in [-0.4, -0.2) is 62.3 Å². The van der Waals surface area contributed by atoms with Crippen molar-refractivity contribution in [2.24, 2.45) is 0 Å². The molecule has 0 aliphatic carbocycles. The average molecular weight is 452 g/mol. The molecule has 1 aromatic carbocycles. The molecule has 1 aromatic heterocycles. The molecule has 1 saturated heterocycles. The van der Waals surface area contributed by atoms with Crippen LogP contribution in [0, 0.1) is 0 Å². The van der Waals surface area contributed by atoms with Crippen LogP contribution in [0.5, 0.6) is 0 Å². The number of hydrogen-bond donors (Lipinski definition) is 1. The second kappa shape index (κ2) is 8.84. The summed E-state index contributed by atoms with van der Waals surface area (Å²) in [5.41, 5.74) is 0.691. The zero-order valence-electron chi connectivity index (χ0n) is 16.5. The van der Waals surface area contributed by atoms with Crippen molar-refractivity contribution in [1.82, 2.24) is 10.0 Å². The van der Waals surface area contributed by atoms with Gasteiger partial charge in [-0.05, 0) is 43.7 Å². The van der Waals surface area contributed by atoms with E-state index in [1.54, 1.807) is 25.1 Å². The fourth-order valence-corrected chi connectivity index (χ4v) is 4.79. The van der Waals surface area contributed by atoms with E-state index in [0.717, 1.165) is 17.6 Å². The predicted octanol–water partition coefficient (Wildman–Crippen LogP) is 2.62. The van der Waals surface area contributed by atoms with Crippen molar-refractivity contribution >= 4 is 44.8 Å². The number of carbonyl (C=O) groups is 3. The summed E-state index contributed by atoms with van der Waals surface area (Å²) in [5, 5.41) is 5.25. The monoisotopic (exact) mass is 451 g/mol. The maximum Gasteiger partial charge on any atom is 0.340 e. The molecule has 11 heteroatoms. The molecule has 0 saturated carbocycles. The Hall–Kier alpha value is -2.92. The van der Waals surface area contributed by atoms with E-state index < -0.39 is 27.7 Å². The molecule has 2 heterocycles. The molecule has 160 valence electrons. The molecule has 1 N–H and O–H groups in total. The van der Waals surface area contributed by atoms with Gasteiger partial charge in [-0.15, -0.1) is 11.3 Å². The van der Waals surface area contributed by atoms with Gasteiger partial charge in [0.1, 0.15) is 4.21 Å². The molecule has 1 aliphatic rings. The largest absolute Gasteiger partial charge is 0.462 e. The maximum absolute atomic E-state index is 12.8. The topological polar surface area (TPSA) is 113 Å². The lowest BCUT2D eigenvalue weighted by molar-refractivity contribution is 0.0409. The third-order valence-corrected chi connectivity index (χ3v) is 7.18. The highest BCUT2D eigenvalue weighted by Gasteiger charge is 2.32. The lowest BCUT2D eigenvalue weighted by Crippen LogP contribution is -2.46. The number of carbonyl (C=O) groups excluding carboxylic acids is 3. The number of anilines is 1. The summed E-state index contributed by atoms with van der Waals surface area (Å²) in [5.74, 6) is -0.936. The van der Waals surface area contributed by atoms with Gasteiger partial charge in [0.2, 0.25) is 0 Å². The van der Waals surface area contributed by atoms with Crippen molar-refractivity contribution in [3.05, 3.63) is 46.8 Å². The van der Waals surface area contributed by atoms with E-state index in [9.17, 15) is 22.8 Å². The number of thiophene rings is 1. The molecule has 30 heavy (non-hydrogen) atoms. The number of sulfone groups is 1. The predicted molar refractivity (Wildman–Crippen MR) is 111 cm³/mol. The van der Waals surface area contributed by atoms with Gasteiger partial charge in [0.15, 0.2) is 9.84 Å². The molecule has 2 aromatic rings. The fraction of sp³-hybridized carbons (Fsp3) is 0.316. The third kappa shape index (κ3) is 4.79. The van der Waals surface area contributed by atoms with Crippen LogP contribution >= 0.6 is 11.3 Å². The van der Waals surface area contributed by atoms with Crippen LogP contribution in [0.3, 0.4) is 0 Å². The first-order valence-corrected chi connectivity index (χ1v) is 11.9. The number of nitrogens with one attached hydrogen (secondary N) is 1. The number of benzene rings is 1. The van der Waals surface area contributed by atoms with E-state index >= 15 is 0 Å². The Bertz CT molecular complexity index is 1080. The van der Waals surface area contributed by atoms with Gasteiger partial charge < -0.3 is 10.1 Å². The van der Waals surface area contributed by atoms with E-state index in [1.165, 1.54) is 28.2 Å². The van der Waals surface area contributed by atoms with Crippen LogP contribution in [0.4, 0.5) is 10.5 Å². The SMILES string of the molecule is CCOC(=O)c1cccc(NC(=O)N2CCCN2C(=O)c2ccc(S(C)(=O)=O)s2)c1.